The molecule has 0 fully saturated rings. The molecule has 414 valence electrons. The van der Waals surface area contributed by atoms with Crippen molar-refractivity contribution in [1.82, 2.24) is 42.5 Å². The van der Waals surface area contributed by atoms with Crippen LogP contribution in [-0.4, -0.2) is 166 Å². The maximum absolute atomic E-state index is 14.0. The molecular formula is C43H77N15O14S. The quantitative estimate of drug-likeness (QED) is 0.0121. The number of guanidine groups is 2. The van der Waals surface area contributed by atoms with Crippen molar-refractivity contribution in [3.05, 3.63) is 0 Å². The molecule has 73 heavy (non-hydrogen) atoms. The van der Waals surface area contributed by atoms with Gasteiger partial charge in [0.2, 0.25) is 47.3 Å². The number of carbonyl (C=O) groups is 11. The molecule has 0 aliphatic heterocycles. The fourth-order valence-electron chi connectivity index (χ4n) is 6.53. The highest BCUT2D eigenvalue weighted by atomic mass is 32.1. The maximum atomic E-state index is 14.0. The molecule has 9 atom stereocenters. The van der Waals surface area contributed by atoms with Crippen LogP contribution in [0.3, 0.4) is 0 Å². The molecule has 29 nitrogen and oxygen atoms in total. The minimum absolute atomic E-state index is 0.0127. The molecule has 8 amide bonds. The molecular weight excluding hydrogens is 983 g/mol. The van der Waals surface area contributed by atoms with Crippen LogP contribution in [0, 0.1) is 11.8 Å². The fourth-order valence-corrected chi connectivity index (χ4v) is 6.79. The molecule has 0 aromatic carbocycles. The Balaban J connectivity index is 6.24. The van der Waals surface area contributed by atoms with E-state index in [1.54, 1.807) is 27.7 Å². The summed E-state index contributed by atoms with van der Waals surface area (Å²) in [5.41, 5.74) is 27.3. The zero-order valence-electron chi connectivity index (χ0n) is 42.1. The summed E-state index contributed by atoms with van der Waals surface area (Å²) in [6.45, 7) is 9.67. The molecule has 0 radical (unpaired) electrons. The fraction of sp³-hybridized carbons (Fsp3) is 0.698. The number of nitrogens with zero attached hydrogens (tertiary/aromatic N) is 2. The molecule has 0 heterocycles. The Morgan fingerprint density at radius 2 is 0.767 bits per heavy atom. The minimum Gasteiger partial charge on any atom is -0.481 e. The summed E-state index contributed by atoms with van der Waals surface area (Å²) in [6.07, 6.45) is -1.40. The normalized spacial score (nSPS) is 14.7. The van der Waals surface area contributed by atoms with E-state index >= 15 is 0 Å². The van der Waals surface area contributed by atoms with Gasteiger partial charge in [0.1, 0.15) is 48.3 Å². The van der Waals surface area contributed by atoms with Crippen molar-refractivity contribution in [3.8, 4) is 0 Å². The Kier molecular flexibility index (Phi) is 31.1. The number of rotatable bonds is 36. The van der Waals surface area contributed by atoms with Crippen molar-refractivity contribution in [2.75, 3.05) is 18.8 Å². The molecule has 0 bridgehead atoms. The zero-order valence-corrected chi connectivity index (χ0v) is 43.0. The molecule has 0 aromatic rings. The molecule has 0 aliphatic rings. The number of hydrogen-bond donors (Lipinski definition) is 17. The van der Waals surface area contributed by atoms with Gasteiger partial charge in [-0.15, -0.1) is 0 Å². The number of amides is 8. The number of aliphatic carboxylic acids is 3. The van der Waals surface area contributed by atoms with Crippen molar-refractivity contribution in [3.63, 3.8) is 0 Å². The van der Waals surface area contributed by atoms with E-state index in [0.29, 0.717) is 0 Å². The van der Waals surface area contributed by atoms with Crippen molar-refractivity contribution in [2.24, 2.45) is 50.5 Å². The second kappa shape index (κ2) is 34.4. The molecule has 0 spiro atoms. The van der Waals surface area contributed by atoms with Gasteiger partial charge in [-0.1, -0.05) is 27.7 Å². The SMILES string of the molecule is CC(C)C[C@H](NC(=O)[C@H](CCCN=C(N)N)NC(=O)[C@H](CC(C)C)NC(=O)[C@@H](N)CCC(=O)O)C(=O)N[C@@H](C)C(=O)N[C@@H](CCC(=O)O)C(=O)N[C@@H](CS)C(=O)N[C@@H](C)C(=O)N[C@@H](CCCN=C(N)N)C(=O)O. The van der Waals surface area contributed by atoms with Gasteiger partial charge in [-0.05, 0) is 77.0 Å². The largest absolute Gasteiger partial charge is 0.481 e. The van der Waals surface area contributed by atoms with Crippen LogP contribution in [0.5, 0.6) is 0 Å². The Labute approximate surface area is 428 Å². The smallest absolute Gasteiger partial charge is 0.326 e. The van der Waals surface area contributed by atoms with E-state index in [2.05, 4.69) is 65.1 Å². The average Bonchev–Trinajstić information content (AvgIpc) is 3.28. The first-order valence-electron chi connectivity index (χ1n) is 23.6. The number of aliphatic imine (C=N–C) groups is 2. The number of nitrogens with two attached hydrogens (primary N) is 5. The van der Waals surface area contributed by atoms with E-state index in [-0.39, 0.29) is 87.5 Å². The number of thiol groups is 1. The van der Waals surface area contributed by atoms with E-state index in [0.717, 1.165) is 0 Å². The lowest BCUT2D eigenvalue weighted by molar-refractivity contribution is -0.142. The topological polar surface area (TPSA) is 500 Å². The molecule has 0 rings (SSSR count). The first kappa shape index (κ1) is 66.0. The van der Waals surface area contributed by atoms with Gasteiger partial charge >= 0.3 is 17.9 Å². The van der Waals surface area contributed by atoms with E-state index < -0.39 is 139 Å². The second-order valence-corrected chi connectivity index (χ2v) is 18.3. The third-order valence-corrected chi connectivity index (χ3v) is 10.8. The second-order valence-electron chi connectivity index (χ2n) is 18.0. The van der Waals surface area contributed by atoms with Gasteiger partial charge in [0.05, 0.1) is 6.04 Å². The Morgan fingerprint density at radius 3 is 1.18 bits per heavy atom. The van der Waals surface area contributed by atoms with Crippen molar-refractivity contribution < 1.29 is 68.1 Å². The maximum Gasteiger partial charge on any atom is 0.326 e. The molecule has 0 saturated heterocycles. The van der Waals surface area contributed by atoms with Crippen LogP contribution in [0.2, 0.25) is 0 Å². The molecule has 0 aromatic heterocycles. The lowest BCUT2D eigenvalue weighted by atomic mass is 10.00. The predicted molar refractivity (Wildman–Crippen MR) is 269 cm³/mol. The zero-order chi connectivity index (χ0) is 56.1. The standard InChI is InChI=1S/C43H77N15O14S/c1-20(2)17-28(57-36(66)25(9-7-15-49-42(45)46)54-39(69)29(18-21(3)4)56-35(65)24(44)11-13-31(59)60)38(68)51-22(5)33(63)53-26(12-14-32(61)62)37(67)58-30(19-73)40(70)52-23(6)34(64)55-27(41(71)72)10-8-16-50-43(47)48/h20-30,73H,7-19,44H2,1-6H3,(H,51,68)(H,52,70)(H,53,63)(H,54,69)(H,55,64)(H,56,65)(H,57,66)(H,58,67)(H,59,60)(H,61,62)(H,71,72)(H4,45,46,49)(H4,47,48,50)/t22-,23-,24-,25-,26-,27-,28-,29-,30-/m0/s1. The first-order valence-corrected chi connectivity index (χ1v) is 24.2. The highest BCUT2D eigenvalue weighted by Crippen LogP contribution is 2.11. The Bertz CT molecular complexity index is 1970. The highest BCUT2D eigenvalue weighted by Gasteiger charge is 2.34. The summed E-state index contributed by atoms with van der Waals surface area (Å²) in [6, 6.07) is -12.3. The lowest BCUT2D eigenvalue weighted by Gasteiger charge is -2.28. The number of carbonyl (C=O) groups excluding carboxylic acids is 8. The molecule has 0 unspecified atom stereocenters. The summed E-state index contributed by atoms with van der Waals surface area (Å²) in [5, 5.41) is 47.5. The van der Waals surface area contributed by atoms with Gasteiger partial charge in [0.15, 0.2) is 11.9 Å². The van der Waals surface area contributed by atoms with Gasteiger partial charge in [0, 0.05) is 31.7 Å². The molecule has 30 heteroatoms. The van der Waals surface area contributed by atoms with Crippen molar-refractivity contribution >= 4 is 89.7 Å². The van der Waals surface area contributed by atoms with Gasteiger partial charge in [0.25, 0.3) is 0 Å². The van der Waals surface area contributed by atoms with Gasteiger partial charge < -0.3 is 86.5 Å². The van der Waals surface area contributed by atoms with Crippen LogP contribution < -0.4 is 71.2 Å². The van der Waals surface area contributed by atoms with Gasteiger partial charge in [-0.25, -0.2) is 4.79 Å². The molecule has 0 aliphatic carbocycles. The van der Waals surface area contributed by atoms with E-state index in [9.17, 15) is 63.0 Å². The summed E-state index contributed by atoms with van der Waals surface area (Å²) < 4.78 is 0. The predicted octanol–water partition coefficient (Wildman–Crippen LogP) is -4.82. The minimum atomic E-state index is -1.60. The first-order chi connectivity index (χ1) is 34.0. The van der Waals surface area contributed by atoms with Crippen LogP contribution >= 0.6 is 12.6 Å². The van der Waals surface area contributed by atoms with Crippen LogP contribution in [0.25, 0.3) is 0 Å². The van der Waals surface area contributed by atoms with Crippen LogP contribution in [0.4, 0.5) is 0 Å². The third-order valence-electron chi connectivity index (χ3n) is 10.4. The summed E-state index contributed by atoms with van der Waals surface area (Å²) in [7, 11) is 0. The van der Waals surface area contributed by atoms with Crippen LogP contribution in [0.15, 0.2) is 9.98 Å². The highest BCUT2D eigenvalue weighted by molar-refractivity contribution is 7.80. The Hall–Kier alpha value is -6.98. The summed E-state index contributed by atoms with van der Waals surface area (Å²) >= 11 is 4.10. The monoisotopic (exact) mass is 1060 g/mol. The number of carboxylic acids is 3. The summed E-state index contributed by atoms with van der Waals surface area (Å²) in [5.74, 6) is -12.2. The molecule has 21 N–H and O–H groups in total. The van der Waals surface area contributed by atoms with E-state index in [4.69, 9.17) is 33.8 Å². The third kappa shape index (κ3) is 28.6. The Morgan fingerprint density at radius 1 is 0.438 bits per heavy atom. The molecule has 0 saturated carbocycles. The number of nitrogens with one attached hydrogen (secondary N) is 8. The lowest BCUT2D eigenvalue weighted by Crippen LogP contribution is -2.60. The van der Waals surface area contributed by atoms with Gasteiger partial charge in [-0.2, -0.15) is 12.6 Å². The van der Waals surface area contributed by atoms with Crippen molar-refractivity contribution in [2.45, 2.75) is 160 Å². The number of hydrogen-bond acceptors (Lipinski definition) is 15. The van der Waals surface area contributed by atoms with Crippen LogP contribution in [0.1, 0.15) is 106 Å². The van der Waals surface area contributed by atoms with E-state index in [1.807, 2.05) is 0 Å². The average molecular weight is 1060 g/mol. The summed E-state index contributed by atoms with van der Waals surface area (Å²) in [4.78, 5) is 149. The van der Waals surface area contributed by atoms with Crippen LogP contribution in [-0.2, 0) is 52.7 Å². The van der Waals surface area contributed by atoms with Crippen molar-refractivity contribution in [1.29, 1.82) is 0 Å². The number of carboxylic acid groups (broad SMARTS) is 3. The van der Waals surface area contributed by atoms with E-state index in [1.165, 1.54) is 13.8 Å². The van der Waals surface area contributed by atoms with Gasteiger partial charge in [-0.3, -0.25) is 57.9 Å².